The second kappa shape index (κ2) is 7.64. The molecule has 0 aliphatic carbocycles. The van der Waals surface area contributed by atoms with Crippen LogP contribution >= 0.6 is 0 Å². The lowest BCUT2D eigenvalue weighted by molar-refractivity contribution is 0.203. The lowest BCUT2D eigenvalue weighted by atomic mass is 10.0. The van der Waals surface area contributed by atoms with Crippen LogP contribution in [0.15, 0.2) is 0 Å². The summed E-state index contributed by atoms with van der Waals surface area (Å²) in [5, 5.41) is 4.59. The van der Waals surface area contributed by atoms with Crippen LogP contribution in [0.4, 0.5) is 5.82 Å². The van der Waals surface area contributed by atoms with E-state index in [0.717, 1.165) is 25.1 Å². The SMILES string of the molecule is CCC(N)Cc1c(C)nn(C)c1N(CCOC)C(C)C. The van der Waals surface area contributed by atoms with Crippen molar-refractivity contribution in [1.82, 2.24) is 9.78 Å². The summed E-state index contributed by atoms with van der Waals surface area (Å²) in [6.45, 7) is 10.2. The number of hydrogen-bond donors (Lipinski definition) is 1. The Hall–Kier alpha value is -1.07. The van der Waals surface area contributed by atoms with Crippen LogP contribution in [0.25, 0.3) is 0 Å². The van der Waals surface area contributed by atoms with E-state index in [1.807, 2.05) is 11.7 Å². The maximum atomic E-state index is 6.15. The van der Waals surface area contributed by atoms with Crippen molar-refractivity contribution in [3.05, 3.63) is 11.3 Å². The van der Waals surface area contributed by atoms with E-state index in [4.69, 9.17) is 10.5 Å². The summed E-state index contributed by atoms with van der Waals surface area (Å²) >= 11 is 0. The number of nitrogens with two attached hydrogens (primary N) is 1. The Morgan fingerprint density at radius 1 is 1.40 bits per heavy atom. The summed E-state index contributed by atoms with van der Waals surface area (Å²) in [7, 11) is 3.74. The van der Waals surface area contributed by atoms with Crippen LogP contribution in [-0.4, -0.2) is 42.1 Å². The molecule has 2 N–H and O–H groups in total. The molecule has 0 bridgehead atoms. The van der Waals surface area contributed by atoms with Crippen molar-refractivity contribution >= 4 is 5.82 Å². The van der Waals surface area contributed by atoms with Crippen molar-refractivity contribution in [2.45, 2.75) is 52.6 Å². The first-order chi connectivity index (χ1) is 9.42. The molecule has 0 amide bonds. The third kappa shape index (κ3) is 3.96. The standard InChI is InChI=1S/C15H30N4O/c1-7-13(16)10-14-12(4)17-18(5)15(14)19(11(2)3)8-9-20-6/h11,13H,7-10,16H2,1-6H3. The number of hydrogen-bond acceptors (Lipinski definition) is 4. The molecule has 1 atom stereocenters. The highest BCUT2D eigenvalue weighted by Gasteiger charge is 2.22. The third-order valence-corrected chi connectivity index (χ3v) is 3.74. The Morgan fingerprint density at radius 3 is 2.55 bits per heavy atom. The number of ether oxygens (including phenoxy) is 1. The Labute approximate surface area is 123 Å². The predicted octanol–water partition coefficient (Wildman–Crippen LogP) is 1.87. The molecule has 5 heteroatoms. The van der Waals surface area contributed by atoms with Gasteiger partial charge in [-0.3, -0.25) is 4.68 Å². The van der Waals surface area contributed by atoms with Gasteiger partial charge in [-0.2, -0.15) is 5.10 Å². The molecule has 0 spiro atoms. The van der Waals surface area contributed by atoms with Crippen LogP contribution in [0.1, 0.15) is 38.4 Å². The number of rotatable bonds is 8. The normalized spacial score (nSPS) is 13.0. The summed E-state index contributed by atoms with van der Waals surface area (Å²) in [6, 6.07) is 0.588. The van der Waals surface area contributed by atoms with Gasteiger partial charge in [-0.05, 0) is 33.6 Å². The Bertz CT molecular complexity index is 414. The van der Waals surface area contributed by atoms with Crippen molar-refractivity contribution in [3.8, 4) is 0 Å². The minimum absolute atomic E-state index is 0.188. The van der Waals surface area contributed by atoms with Crippen molar-refractivity contribution in [2.75, 3.05) is 25.2 Å². The van der Waals surface area contributed by atoms with Gasteiger partial charge in [0, 0.05) is 38.3 Å². The maximum Gasteiger partial charge on any atom is 0.130 e. The average Bonchev–Trinajstić information content (AvgIpc) is 2.65. The van der Waals surface area contributed by atoms with Crippen LogP contribution in [0, 0.1) is 6.92 Å². The van der Waals surface area contributed by atoms with Gasteiger partial charge in [-0.25, -0.2) is 0 Å². The molecule has 1 aromatic heterocycles. The van der Waals surface area contributed by atoms with E-state index in [0.29, 0.717) is 12.6 Å². The summed E-state index contributed by atoms with van der Waals surface area (Å²) in [5.74, 6) is 1.18. The van der Waals surface area contributed by atoms with Crippen LogP contribution in [-0.2, 0) is 18.2 Å². The van der Waals surface area contributed by atoms with Crippen LogP contribution in [0.3, 0.4) is 0 Å². The molecule has 0 aliphatic heterocycles. The predicted molar refractivity (Wildman–Crippen MR) is 84.3 cm³/mol. The van der Waals surface area contributed by atoms with Crippen LogP contribution in [0.2, 0.25) is 0 Å². The second-order valence-electron chi connectivity index (χ2n) is 5.66. The fraction of sp³-hybridized carbons (Fsp3) is 0.800. The van der Waals surface area contributed by atoms with Crippen molar-refractivity contribution in [2.24, 2.45) is 12.8 Å². The molecule has 1 heterocycles. The number of aryl methyl sites for hydroxylation is 2. The first-order valence-corrected chi connectivity index (χ1v) is 7.45. The lowest BCUT2D eigenvalue weighted by Gasteiger charge is -2.30. The zero-order valence-corrected chi connectivity index (χ0v) is 13.8. The molecule has 1 aromatic rings. The third-order valence-electron chi connectivity index (χ3n) is 3.74. The molecule has 0 aromatic carbocycles. The number of anilines is 1. The molecule has 0 radical (unpaired) electrons. The molecule has 20 heavy (non-hydrogen) atoms. The minimum Gasteiger partial charge on any atom is -0.383 e. The monoisotopic (exact) mass is 282 g/mol. The fourth-order valence-electron chi connectivity index (χ4n) is 2.49. The van der Waals surface area contributed by atoms with Crippen LogP contribution < -0.4 is 10.6 Å². The van der Waals surface area contributed by atoms with Gasteiger partial charge >= 0.3 is 0 Å². The van der Waals surface area contributed by atoms with Gasteiger partial charge in [0.2, 0.25) is 0 Å². The largest absolute Gasteiger partial charge is 0.383 e. The molecular weight excluding hydrogens is 252 g/mol. The molecule has 1 unspecified atom stereocenters. The quantitative estimate of drug-likeness (QED) is 0.791. The summed E-state index contributed by atoms with van der Waals surface area (Å²) in [4.78, 5) is 2.35. The van der Waals surface area contributed by atoms with E-state index in [2.05, 4.69) is 37.7 Å². The van der Waals surface area contributed by atoms with Crippen molar-refractivity contribution < 1.29 is 4.74 Å². The number of aromatic nitrogens is 2. The topological polar surface area (TPSA) is 56.3 Å². The zero-order chi connectivity index (χ0) is 15.3. The van der Waals surface area contributed by atoms with Gasteiger partial charge in [0.05, 0.1) is 12.3 Å². The Morgan fingerprint density at radius 2 is 2.05 bits per heavy atom. The summed E-state index contributed by atoms with van der Waals surface area (Å²) in [6.07, 6.45) is 1.86. The summed E-state index contributed by atoms with van der Waals surface area (Å²) < 4.78 is 7.21. The molecule has 0 fully saturated rings. The number of methoxy groups -OCH3 is 1. The van der Waals surface area contributed by atoms with Crippen LogP contribution in [0.5, 0.6) is 0 Å². The molecular formula is C15H30N4O. The highest BCUT2D eigenvalue weighted by Crippen LogP contribution is 2.26. The lowest BCUT2D eigenvalue weighted by Crippen LogP contribution is -2.36. The molecule has 5 nitrogen and oxygen atoms in total. The molecule has 0 saturated carbocycles. The Kier molecular flexibility index (Phi) is 6.49. The fourth-order valence-corrected chi connectivity index (χ4v) is 2.49. The smallest absolute Gasteiger partial charge is 0.130 e. The maximum absolute atomic E-state index is 6.15. The van der Waals surface area contributed by atoms with Gasteiger partial charge in [0.25, 0.3) is 0 Å². The summed E-state index contributed by atoms with van der Waals surface area (Å²) in [5.41, 5.74) is 8.50. The molecule has 116 valence electrons. The van der Waals surface area contributed by atoms with Gasteiger partial charge in [-0.1, -0.05) is 6.92 Å². The van der Waals surface area contributed by atoms with E-state index in [1.54, 1.807) is 7.11 Å². The molecule has 1 rings (SSSR count). The van der Waals surface area contributed by atoms with E-state index in [9.17, 15) is 0 Å². The minimum atomic E-state index is 0.188. The van der Waals surface area contributed by atoms with E-state index >= 15 is 0 Å². The van der Waals surface area contributed by atoms with Gasteiger partial charge in [0.15, 0.2) is 0 Å². The molecule has 0 aliphatic rings. The molecule has 0 saturated heterocycles. The van der Waals surface area contributed by atoms with Crippen molar-refractivity contribution in [3.63, 3.8) is 0 Å². The highest BCUT2D eigenvalue weighted by atomic mass is 16.5. The highest BCUT2D eigenvalue weighted by molar-refractivity contribution is 5.51. The van der Waals surface area contributed by atoms with E-state index in [-0.39, 0.29) is 6.04 Å². The number of nitrogens with zero attached hydrogens (tertiary/aromatic N) is 3. The van der Waals surface area contributed by atoms with Gasteiger partial charge in [0.1, 0.15) is 5.82 Å². The van der Waals surface area contributed by atoms with E-state index in [1.165, 1.54) is 11.4 Å². The van der Waals surface area contributed by atoms with Crippen molar-refractivity contribution in [1.29, 1.82) is 0 Å². The van der Waals surface area contributed by atoms with E-state index < -0.39 is 0 Å². The van der Waals surface area contributed by atoms with Gasteiger partial charge < -0.3 is 15.4 Å². The Balaban J connectivity index is 3.12. The zero-order valence-electron chi connectivity index (χ0n) is 13.8. The van der Waals surface area contributed by atoms with Gasteiger partial charge in [-0.15, -0.1) is 0 Å². The second-order valence-corrected chi connectivity index (χ2v) is 5.66. The average molecular weight is 282 g/mol. The first kappa shape index (κ1) is 17.0. The first-order valence-electron chi connectivity index (χ1n) is 7.45.